The molecule has 2 aromatic carbocycles. The molecule has 0 radical (unpaired) electrons. The highest BCUT2D eigenvalue weighted by Crippen LogP contribution is 2.44. The number of hydrogen-bond acceptors (Lipinski definition) is 6. The molecule has 1 aromatic heterocycles. The van der Waals surface area contributed by atoms with Gasteiger partial charge in [0, 0.05) is 11.8 Å². The van der Waals surface area contributed by atoms with E-state index in [-0.39, 0.29) is 34.9 Å². The Morgan fingerprint density at radius 1 is 1.12 bits per heavy atom. The van der Waals surface area contributed by atoms with Crippen LogP contribution in [0.1, 0.15) is 33.6 Å². The van der Waals surface area contributed by atoms with Gasteiger partial charge in [-0.2, -0.15) is 31.4 Å². The summed E-state index contributed by atoms with van der Waals surface area (Å²) in [5.74, 6) is -2.59. The van der Waals surface area contributed by atoms with Gasteiger partial charge in [0.1, 0.15) is 22.9 Å². The predicted octanol–water partition coefficient (Wildman–Crippen LogP) is 4.08. The third-order valence-electron chi connectivity index (χ3n) is 6.90. The van der Waals surface area contributed by atoms with Crippen molar-refractivity contribution in [1.29, 1.82) is 0 Å². The Labute approximate surface area is 234 Å². The van der Waals surface area contributed by atoms with E-state index in [0.717, 1.165) is 30.5 Å². The molecule has 1 atom stereocenters. The lowest BCUT2D eigenvalue weighted by molar-refractivity contribution is -0.153. The summed E-state index contributed by atoms with van der Waals surface area (Å²) in [6.07, 6.45) is -7.56. The number of ether oxygens (including phenoxy) is 1. The van der Waals surface area contributed by atoms with Crippen molar-refractivity contribution in [3.05, 3.63) is 64.8 Å². The summed E-state index contributed by atoms with van der Waals surface area (Å²) in [5, 5.41) is 9.72. The van der Waals surface area contributed by atoms with Gasteiger partial charge in [-0.15, -0.1) is 0 Å². The number of aryl methyl sites for hydroxylation is 1. The van der Waals surface area contributed by atoms with E-state index in [1.165, 1.54) is 16.8 Å². The third kappa shape index (κ3) is 5.93. The number of benzene rings is 2. The number of amides is 2. The zero-order valence-electron chi connectivity index (χ0n) is 21.7. The standard InChI is InChI=1S/C26H22F6N4O5S/c1-42(39,40)11-19(37)33-21-20(14-2-4-16(5-3-14)26(30,31)32)35-36-12-24(34-23(38)22(21)36)9-8-15-10-17(6-7-18(15)24)41-13-25(27,28)29/h2-7,10H,8-9,11-13H2,1H3,(H,33,37)(H,34,38)/t24-/m1/s1. The highest BCUT2D eigenvalue weighted by molar-refractivity contribution is 7.91. The molecule has 9 nitrogen and oxygen atoms in total. The van der Waals surface area contributed by atoms with Crippen LogP contribution in [0.3, 0.4) is 0 Å². The summed E-state index contributed by atoms with van der Waals surface area (Å²) in [7, 11) is -3.77. The first-order chi connectivity index (χ1) is 19.4. The van der Waals surface area contributed by atoms with Crippen molar-refractivity contribution < 1.29 is 49.1 Å². The number of rotatable bonds is 6. The number of aromatic nitrogens is 2. The average molecular weight is 617 g/mol. The minimum Gasteiger partial charge on any atom is -0.484 e. The summed E-state index contributed by atoms with van der Waals surface area (Å²) >= 11 is 0. The Bertz CT molecular complexity index is 1680. The Hall–Kier alpha value is -4.08. The molecular formula is C26H22F6N4O5S. The van der Waals surface area contributed by atoms with Crippen molar-refractivity contribution in [3.63, 3.8) is 0 Å². The average Bonchev–Trinajstić information content (AvgIpc) is 3.39. The molecule has 2 N–H and O–H groups in total. The van der Waals surface area contributed by atoms with Crippen LogP contribution in [-0.4, -0.2) is 54.8 Å². The van der Waals surface area contributed by atoms with Crippen LogP contribution in [0.25, 0.3) is 11.3 Å². The molecule has 0 saturated heterocycles. The van der Waals surface area contributed by atoms with Crippen molar-refractivity contribution in [1.82, 2.24) is 15.1 Å². The molecule has 42 heavy (non-hydrogen) atoms. The van der Waals surface area contributed by atoms with Gasteiger partial charge in [-0.1, -0.05) is 18.2 Å². The summed E-state index contributed by atoms with van der Waals surface area (Å²) in [6, 6.07) is 8.22. The van der Waals surface area contributed by atoms with Gasteiger partial charge >= 0.3 is 12.4 Å². The van der Waals surface area contributed by atoms with Gasteiger partial charge in [0.15, 0.2) is 22.1 Å². The number of nitrogens with zero attached hydrogens (tertiary/aromatic N) is 2. The number of sulfone groups is 1. The maximum Gasteiger partial charge on any atom is 0.422 e. The number of hydrogen-bond donors (Lipinski definition) is 2. The molecule has 1 aliphatic carbocycles. The van der Waals surface area contributed by atoms with Crippen molar-refractivity contribution in [2.24, 2.45) is 0 Å². The summed E-state index contributed by atoms with van der Waals surface area (Å²) in [4.78, 5) is 26.1. The largest absolute Gasteiger partial charge is 0.484 e. The molecule has 1 aliphatic heterocycles. The van der Waals surface area contributed by atoms with E-state index in [1.807, 2.05) is 0 Å². The Balaban J connectivity index is 1.53. The van der Waals surface area contributed by atoms with Crippen molar-refractivity contribution in [2.75, 3.05) is 23.9 Å². The smallest absolute Gasteiger partial charge is 0.422 e. The fourth-order valence-electron chi connectivity index (χ4n) is 5.21. The second-order valence-electron chi connectivity index (χ2n) is 10.2. The van der Waals surface area contributed by atoms with Crippen LogP contribution in [0.5, 0.6) is 5.75 Å². The molecule has 2 heterocycles. The second-order valence-corrected chi connectivity index (χ2v) is 12.3. The molecule has 5 rings (SSSR count). The maximum absolute atomic E-state index is 13.5. The van der Waals surface area contributed by atoms with E-state index in [9.17, 15) is 44.3 Å². The highest BCUT2D eigenvalue weighted by atomic mass is 32.2. The van der Waals surface area contributed by atoms with E-state index in [4.69, 9.17) is 4.74 Å². The molecule has 0 saturated carbocycles. The third-order valence-corrected chi connectivity index (χ3v) is 7.69. The summed E-state index contributed by atoms with van der Waals surface area (Å²) in [5.41, 5.74) is -0.942. The summed E-state index contributed by atoms with van der Waals surface area (Å²) in [6.45, 7) is -1.45. The van der Waals surface area contributed by atoms with Crippen LogP contribution in [0.15, 0.2) is 42.5 Å². The number of alkyl halides is 6. The topological polar surface area (TPSA) is 119 Å². The molecular weight excluding hydrogens is 594 g/mol. The zero-order valence-corrected chi connectivity index (χ0v) is 22.5. The van der Waals surface area contributed by atoms with Crippen LogP contribution in [0, 0.1) is 0 Å². The maximum atomic E-state index is 13.5. The van der Waals surface area contributed by atoms with E-state index >= 15 is 0 Å². The predicted molar refractivity (Wildman–Crippen MR) is 136 cm³/mol. The van der Waals surface area contributed by atoms with Crippen LogP contribution >= 0.6 is 0 Å². The SMILES string of the molecule is CS(=O)(=O)CC(=O)Nc1c(-c2ccc(C(F)(F)F)cc2)nn2c1C(=O)N[C@]1(CCc3cc(OCC(F)(F)F)ccc31)C2. The van der Waals surface area contributed by atoms with Gasteiger partial charge in [-0.25, -0.2) is 8.42 Å². The van der Waals surface area contributed by atoms with Crippen molar-refractivity contribution in [2.45, 2.75) is 37.3 Å². The number of fused-ring (bicyclic) bond motifs is 3. The molecule has 16 heteroatoms. The lowest BCUT2D eigenvalue weighted by Crippen LogP contribution is -2.52. The molecule has 0 fully saturated rings. The molecule has 0 unspecified atom stereocenters. The molecule has 2 amide bonds. The van der Waals surface area contributed by atoms with Crippen molar-refractivity contribution in [3.8, 4) is 17.0 Å². The number of carbonyl (C=O) groups is 2. The Morgan fingerprint density at radius 2 is 1.81 bits per heavy atom. The second kappa shape index (κ2) is 10.0. The molecule has 0 bridgehead atoms. The highest BCUT2D eigenvalue weighted by Gasteiger charge is 2.46. The van der Waals surface area contributed by atoms with Crippen LogP contribution in [0.2, 0.25) is 0 Å². The van der Waals surface area contributed by atoms with Gasteiger partial charge in [-0.05, 0) is 48.2 Å². The fraction of sp³-hybridized carbons (Fsp3) is 0.346. The number of anilines is 1. The minimum absolute atomic E-state index is 0.00510. The number of halogens is 6. The van der Waals surface area contributed by atoms with Crippen molar-refractivity contribution >= 4 is 27.3 Å². The summed E-state index contributed by atoms with van der Waals surface area (Å²) < 4.78 is 107. The lowest BCUT2D eigenvalue weighted by Gasteiger charge is -2.36. The lowest BCUT2D eigenvalue weighted by atomic mass is 9.89. The first-order valence-corrected chi connectivity index (χ1v) is 14.4. The number of nitrogens with one attached hydrogen (secondary N) is 2. The van der Waals surface area contributed by atoms with E-state index < -0.39 is 57.5 Å². The van der Waals surface area contributed by atoms with E-state index in [1.54, 1.807) is 6.07 Å². The van der Waals surface area contributed by atoms with E-state index in [0.29, 0.717) is 24.0 Å². The molecule has 2 aliphatic rings. The van der Waals surface area contributed by atoms with Gasteiger partial charge in [0.2, 0.25) is 5.91 Å². The minimum atomic E-state index is -4.61. The van der Waals surface area contributed by atoms with Crippen LogP contribution in [-0.2, 0) is 39.3 Å². The first kappa shape index (κ1) is 29.4. The first-order valence-electron chi connectivity index (χ1n) is 12.4. The van der Waals surface area contributed by atoms with E-state index in [2.05, 4.69) is 15.7 Å². The molecule has 1 spiro atoms. The Morgan fingerprint density at radius 3 is 2.43 bits per heavy atom. The molecule has 3 aromatic rings. The van der Waals surface area contributed by atoms with Gasteiger partial charge in [-0.3, -0.25) is 14.3 Å². The zero-order chi connectivity index (χ0) is 30.7. The molecule has 224 valence electrons. The normalized spacial score (nSPS) is 18.4. The van der Waals surface area contributed by atoms with Gasteiger partial charge < -0.3 is 15.4 Å². The quantitative estimate of drug-likeness (QED) is 0.403. The van der Waals surface area contributed by atoms with Gasteiger partial charge in [0.05, 0.1) is 17.6 Å². The van der Waals surface area contributed by atoms with Crippen LogP contribution in [0.4, 0.5) is 32.0 Å². The fourth-order valence-corrected chi connectivity index (χ4v) is 5.75. The van der Waals surface area contributed by atoms with Crippen LogP contribution < -0.4 is 15.4 Å². The monoisotopic (exact) mass is 616 g/mol. The number of carbonyl (C=O) groups excluding carboxylic acids is 2. The Kier molecular flexibility index (Phi) is 7.02. The van der Waals surface area contributed by atoms with Gasteiger partial charge in [0.25, 0.3) is 5.91 Å².